The van der Waals surface area contributed by atoms with Crippen LogP contribution in [0.1, 0.15) is 278 Å². The second-order valence-corrected chi connectivity index (χ2v) is 26.2. The van der Waals surface area contributed by atoms with Crippen LogP contribution < -0.4 is 0 Å². The molecular weight excluding hydrogens is 1190 g/mol. The lowest BCUT2D eigenvalue weighted by Gasteiger charge is -1.95. The second-order valence-electron chi connectivity index (χ2n) is 22.7. The summed E-state index contributed by atoms with van der Waals surface area (Å²) in [7, 11) is 0. The van der Waals surface area contributed by atoms with Gasteiger partial charge in [-0.05, 0) is 53.4 Å². The van der Waals surface area contributed by atoms with E-state index in [1.165, 1.54) is 33.2 Å². The summed E-state index contributed by atoms with van der Waals surface area (Å²) in [5.41, 5.74) is 10.2. The van der Waals surface area contributed by atoms with E-state index in [2.05, 4.69) is 210 Å². The van der Waals surface area contributed by atoms with Crippen LogP contribution in [0.4, 0.5) is 0 Å². The maximum Gasteiger partial charge on any atom is 0.213 e. The average Bonchev–Trinajstić information content (AvgIpc) is 4.34. The van der Waals surface area contributed by atoms with Gasteiger partial charge in [-0.15, -0.1) is 55.5 Å². The molecule has 0 saturated carbocycles. The van der Waals surface area contributed by atoms with Crippen LogP contribution in [0.3, 0.4) is 0 Å². The van der Waals surface area contributed by atoms with Crippen molar-refractivity contribution in [1.82, 2.24) is 71.0 Å². The molecule has 0 unspecified atom stereocenters. The Morgan fingerprint density at radius 1 is 0.477 bits per heavy atom. The zero-order valence-electron chi connectivity index (χ0n) is 56.0. The molecule has 484 valence electrons. The van der Waals surface area contributed by atoms with Gasteiger partial charge in [0.05, 0.1) is 52.3 Å². The monoisotopic (exact) mass is 1280 g/mol. The van der Waals surface area contributed by atoms with Crippen molar-refractivity contribution < 1.29 is 22.4 Å². The average molecular weight is 1290 g/mol. The third-order valence-electron chi connectivity index (χ3n) is 11.2. The number of oxazole rings is 1. The summed E-state index contributed by atoms with van der Waals surface area (Å²) in [5.74, 6) is 9.33. The third kappa shape index (κ3) is 36.9. The van der Waals surface area contributed by atoms with E-state index < -0.39 is 0 Å². The van der Waals surface area contributed by atoms with Crippen molar-refractivity contribution in [3.8, 4) is 0 Å². The molecule has 0 amide bonds. The molecule has 0 bridgehead atoms. The van der Waals surface area contributed by atoms with E-state index in [9.17, 15) is 0 Å². The molecule has 11 aromatic heterocycles. The van der Waals surface area contributed by atoms with Crippen LogP contribution in [0.15, 0.2) is 149 Å². The first-order valence-corrected chi connectivity index (χ1v) is 33.3. The van der Waals surface area contributed by atoms with Crippen LogP contribution in [-0.2, 0) is 0 Å². The number of nitrogens with zero attached hydrogens (tertiary/aromatic N) is 12. The Morgan fingerprint density at radius 2 is 1.19 bits per heavy atom. The molecule has 11 rings (SSSR count). The van der Waals surface area contributed by atoms with Gasteiger partial charge >= 0.3 is 0 Å². The molecule has 88 heavy (non-hydrogen) atoms. The fraction of sp³-hybridized carbons (Fsp3) is 0.508. The zero-order valence-corrected chi connectivity index (χ0v) is 59.3. The smallest absolute Gasteiger partial charge is 0.213 e. The Morgan fingerprint density at radius 3 is 1.44 bits per heavy atom. The van der Waals surface area contributed by atoms with Crippen LogP contribution in [0, 0.1) is 0 Å². The lowest BCUT2D eigenvalue weighted by atomic mass is 10.1. The van der Waals surface area contributed by atoms with E-state index in [0.717, 1.165) is 33.9 Å². The van der Waals surface area contributed by atoms with Gasteiger partial charge in [0.15, 0.2) is 11.7 Å². The molecule has 0 atom stereocenters. The molecule has 0 aliphatic heterocycles. The fourth-order valence-electron chi connectivity index (χ4n) is 5.75. The SMILES string of the molecule is CC(C)c1ccco1.CC(C)c1ccn[nH]1.CC(C)c1ccno1.CC(C)c1ccon1.CC(C)c1cn[nH]c1.CC(C)c1cncs1.CC(C)c1cscn1.CC(C)c1ncco1.CC(C)c1nccs1.CC(C)c1ncon1.CC(C)c1nncs1. The van der Waals surface area contributed by atoms with Gasteiger partial charge in [0.1, 0.15) is 34.6 Å². The summed E-state index contributed by atoms with van der Waals surface area (Å²) in [6.45, 7) is 46.4. The molecule has 0 saturated heterocycles. The molecule has 0 spiro atoms. The largest absolute Gasteiger partial charge is 0.469 e. The lowest BCUT2D eigenvalue weighted by molar-refractivity contribution is 0.371. The van der Waals surface area contributed by atoms with E-state index in [-0.39, 0.29) is 0 Å². The number of hydrogen-bond acceptors (Lipinski definition) is 21. The summed E-state index contributed by atoms with van der Waals surface area (Å²) in [6, 6.07) is 9.65. The van der Waals surface area contributed by atoms with Gasteiger partial charge in [0.2, 0.25) is 6.39 Å². The van der Waals surface area contributed by atoms with Crippen molar-refractivity contribution in [2.24, 2.45) is 0 Å². The van der Waals surface area contributed by atoms with Crippen molar-refractivity contribution >= 4 is 45.3 Å². The van der Waals surface area contributed by atoms with Crippen molar-refractivity contribution in [2.75, 3.05) is 0 Å². The van der Waals surface area contributed by atoms with Crippen molar-refractivity contribution in [1.29, 1.82) is 0 Å². The molecule has 11 aromatic rings. The number of aromatic amines is 2. The third-order valence-corrected chi connectivity index (χ3v) is 15.0. The number of hydrogen-bond donors (Lipinski definition) is 2. The number of rotatable bonds is 11. The van der Waals surface area contributed by atoms with Gasteiger partial charge in [0.25, 0.3) is 0 Å². The lowest BCUT2D eigenvalue weighted by Crippen LogP contribution is -1.87. The molecule has 0 aliphatic carbocycles. The summed E-state index contributed by atoms with van der Waals surface area (Å²) in [5, 5.41) is 38.3. The van der Waals surface area contributed by atoms with Gasteiger partial charge in [-0.25, -0.2) is 15.0 Å². The molecule has 0 radical (unpaired) electrons. The summed E-state index contributed by atoms with van der Waals surface area (Å²) < 4.78 is 24.1. The first kappa shape index (κ1) is 78.9. The number of nitrogens with one attached hydrogen (secondary N) is 2. The standard InChI is InChI=1S/C7H10O.2C6H10N2.3C6H9NO.3C6H9NS.C5H8N2O.C5H8N2S/c1-6(2)7-4-3-5-8-7;1-5(2)6-3-7-8-4-6;1-5(2)6-3-4-7-8-6;1-5(2)6-7-3-4-8-6;1-5(2)6-3-4-8-7-6;1-5(2)6-3-4-7-8-6;1-5(2)6-3-8-4-7-6;1-5(2)6-3-7-4-8-6;1-5(2)6-7-3-4-8-6;1-4(2)5-6-3-8-7-5;1-4(2)5-7-6-3-8-5/h3-6H,1-2H3;2*3-5H,1-2H3,(H,7,8);6*3-5H,1-2H3;2*3-4H,1-2H3. The molecule has 0 aromatic carbocycles. The number of aromatic nitrogens is 14. The predicted octanol–water partition coefficient (Wildman–Crippen LogP) is 20.5. The van der Waals surface area contributed by atoms with Crippen LogP contribution in [0.5, 0.6) is 0 Å². The number of furan rings is 1. The fourth-order valence-corrected chi connectivity index (χ4v) is 8.33. The number of H-pyrrole nitrogens is 2. The van der Waals surface area contributed by atoms with Crippen LogP contribution in [0.25, 0.3) is 0 Å². The topological polar surface area (TPSA) is 252 Å². The highest BCUT2D eigenvalue weighted by atomic mass is 32.1. The molecule has 0 aliphatic rings. The Bertz CT molecular complexity index is 2320. The minimum absolute atomic E-state index is 0.369. The minimum Gasteiger partial charge on any atom is -0.469 e. The van der Waals surface area contributed by atoms with Gasteiger partial charge in [-0.2, -0.15) is 15.2 Å². The summed E-state index contributed by atoms with van der Waals surface area (Å²) >= 11 is 6.71. The molecular formula is C65H100N14O5S4. The number of thiazole rings is 3. The van der Waals surface area contributed by atoms with E-state index >= 15 is 0 Å². The van der Waals surface area contributed by atoms with Gasteiger partial charge in [-0.3, -0.25) is 15.2 Å². The predicted molar refractivity (Wildman–Crippen MR) is 361 cm³/mol. The molecule has 2 N–H and O–H groups in total. The van der Waals surface area contributed by atoms with Crippen LogP contribution >= 0.6 is 45.3 Å². The Balaban J connectivity index is 0.000000484. The van der Waals surface area contributed by atoms with Crippen LogP contribution in [-0.4, -0.2) is 71.0 Å². The molecule has 19 nitrogen and oxygen atoms in total. The maximum absolute atomic E-state index is 5.09. The highest BCUT2D eigenvalue weighted by Gasteiger charge is 2.05. The van der Waals surface area contributed by atoms with Crippen molar-refractivity contribution in [2.45, 2.75) is 217 Å². The first-order valence-electron chi connectivity index (χ1n) is 29.7. The van der Waals surface area contributed by atoms with Crippen LogP contribution in [0.2, 0.25) is 0 Å². The first-order chi connectivity index (χ1) is 41.8. The van der Waals surface area contributed by atoms with E-state index in [4.69, 9.17) is 13.4 Å². The highest BCUT2D eigenvalue weighted by molar-refractivity contribution is 7.10. The summed E-state index contributed by atoms with van der Waals surface area (Å²) in [6.07, 6.45) is 18.9. The maximum atomic E-state index is 5.09. The Labute approximate surface area is 539 Å². The molecule has 23 heteroatoms. The van der Waals surface area contributed by atoms with Crippen molar-refractivity contribution in [3.63, 3.8) is 0 Å². The van der Waals surface area contributed by atoms with Gasteiger partial charge in [0, 0.05) is 93.8 Å². The van der Waals surface area contributed by atoms with Crippen molar-refractivity contribution in [3.05, 3.63) is 187 Å². The van der Waals surface area contributed by atoms with Gasteiger partial charge in [-0.1, -0.05) is 168 Å². The second kappa shape index (κ2) is 47.0. The quantitative estimate of drug-likeness (QED) is 0.122. The summed E-state index contributed by atoms with van der Waals surface area (Å²) in [4.78, 5) is 21.4. The minimum atomic E-state index is 0.369. The zero-order chi connectivity index (χ0) is 65.8. The Hall–Kier alpha value is -7.08. The Kier molecular flexibility index (Phi) is 42.2. The molecule has 11 heterocycles. The van der Waals surface area contributed by atoms with E-state index in [0.29, 0.717) is 65.1 Å². The highest BCUT2D eigenvalue weighted by Crippen LogP contribution is 2.19. The van der Waals surface area contributed by atoms with E-state index in [1.54, 1.807) is 88.2 Å². The molecule has 0 fully saturated rings. The van der Waals surface area contributed by atoms with E-state index in [1.807, 2.05) is 99.2 Å². The van der Waals surface area contributed by atoms with Gasteiger partial charge < -0.3 is 22.4 Å². The normalized spacial score (nSPS) is 10.4.